The number of hydrogen-bond donors (Lipinski definition) is 0. The van der Waals surface area contributed by atoms with Crippen LogP contribution in [0, 0.1) is 10.1 Å². The monoisotopic (exact) mass is 371 g/mol. The Balaban J connectivity index is 2.16. The fourth-order valence-corrected chi connectivity index (χ4v) is 4.16. The summed E-state index contributed by atoms with van der Waals surface area (Å²) >= 11 is 0. The lowest BCUT2D eigenvalue weighted by Gasteiger charge is -2.33. The molecule has 0 aromatic carbocycles. The molecule has 0 spiro atoms. The fourth-order valence-electron chi connectivity index (χ4n) is 2.50. The van der Waals surface area contributed by atoms with Crippen LogP contribution < -0.4 is 0 Å². The molecule has 1 aromatic heterocycles. The molecule has 2 rings (SSSR count). The van der Waals surface area contributed by atoms with Crippen LogP contribution in [0.2, 0.25) is 0 Å². The number of sulfone groups is 1. The first-order valence-electron chi connectivity index (χ1n) is 7.83. The van der Waals surface area contributed by atoms with Gasteiger partial charge in [-0.25, -0.2) is 18.2 Å². The lowest BCUT2D eigenvalue weighted by Crippen LogP contribution is -2.47. The number of ether oxygens (including phenoxy) is 1. The van der Waals surface area contributed by atoms with Gasteiger partial charge < -0.3 is 9.64 Å². The molecule has 0 N–H and O–H groups in total. The summed E-state index contributed by atoms with van der Waals surface area (Å²) in [4.78, 5) is 27.3. The molecule has 0 radical (unpaired) electrons. The van der Waals surface area contributed by atoms with Crippen molar-refractivity contribution in [3.8, 4) is 0 Å². The van der Waals surface area contributed by atoms with Crippen LogP contribution in [0.25, 0.3) is 0 Å². The Kier molecular flexibility index (Phi) is 5.31. The number of carbonyl (C=O) groups excluding carboxylic acids is 1. The van der Waals surface area contributed by atoms with Gasteiger partial charge >= 0.3 is 6.09 Å². The summed E-state index contributed by atoms with van der Waals surface area (Å²) in [7, 11) is -3.80. The third-order valence-corrected chi connectivity index (χ3v) is 5.78. The lowest BCUT2D eigenvalue weighted by molar-refractivity contribution is -0.385. The van der Waals surface area contributed by atoms with Crippen LogP contribution in [0.15, 0.2) is 23.4 Å². The lowest BCUT2D eigenvalue weighted by atomic mass is 10.1. The molecular weight excluding hydrogens is 350 g/mol. The molecule has 0 bridgehead atoms. The average molecular weight is 371 g/mol. The predicted molar refractivity (Wildman–Crippen MR) is 88.9 cm³/mol. The van der Waals surface area contributed by atoms with E-state index in [1.807, 2.05) is 0 Å². The minimum atomic E-state index is -3.80. The van der Waals surface area contributed by atoms with Crippen LogP contribution in [0.3, 0.4) is 0 Å². The van der Waals surface area contributed by atoms with Crippen LogP contribution in [-0.4, -0.2) is 53.3 Å². The summed E-state index contributed by atoms with van der Waals surface area (Å²) in [5.41, 5.74) is -0.944. The van der Waals surface area contributed by atoms with Crippen molar-refractivity contribution in [3.05, 3.63) is 28.4 Å². The van der Waals surface area contributed by atoms with Crippen molar-refractivity contribution in [2.45, 2.75) is 49.5 Å². The van der Waals surface area contributed by atoms with Crippen LogP contribution in [-0.2, 0) is 14.6 Å². The quantitative estimate of drug-likeness (QED) is 0.590. The summed E-state index contributed by atoms with van der Waals surface area (Å²) in [6.07, 6.45) is 1.28. The Morgan fingerprint density at radius 2 is 2.08 bits per heavy atom. The summed E-state index contributed by atoms with van der Waals surface area (Å²) < 4.78 is 30.7. The number of pyridine rings is 1. The Hall–Kier alpha value is -2.23. The molecule has 10 heteroatoms. The van der Waals surface area contributed by atoms with Gasteiger partial charge in [0.15, 0.2) is 14.9 Å². The van der Waals surface area contributed by atoms with Crippen molar-refractivity contribution in [3.63, 3.8) is 0 Å². The van der Waals surface area contributed by atoms with Gasteiger partial charge in [-0.3, -0.25) is 10.1 Å². The number of rotatable bonds is 3. The molecule has 0 unspecified atom stereocenters. The van der Waals surface area contributed by atoms with E-state index in [1.165, 1.54) is 4.90 Å². The largest absolute Gasteiger partial charge is 0.444 e. The van der Waals surface area contributed by atoms with Crippen LogP contribution in [0.5, 0.6) is 0 Å². The van der Waals surface area contributed by atoms with Crippen molar-refractivity contribution < 1.29 is 22.9 Å². The summed E-state index contributed by atoms with van der Waals surface area (Å²) in [5, 5.41) is 9.61. The van der Waals surface area contributed by atoms with Gasteiger partial charge in [0.25, 0.3) is 5.69 Å². The van der Waals surface area contributed by atoms with Gasteiger partial charge in [0.1, 0.15) is 11.8 Å². The molecule has 138 valence electrons. The predicted octanol–water partition coefficient (Wildman–Crippen LogP) is 2.16. The zero-order valence-electron chi connectivity index (χ0n) is 14.3. The standard InChI is InChI=1S/C15H21N3O6S/c1-15(2,3)24-14(19)17-8-4-5-12(10-17)25(22,23)13-7-6-11(9-16-13)18(20)21/h6-7,9,12H,4-5,8,10H2,1-3H3/t12-/m0/s1. The number of nitro groups is 1. The third kappa shape index (κ3) is 4.65. The molecule has 0 aliphatic carbocycles. The Bertz CT molecular complexity index is 754. The van der Waals surface area contributed by atoms with E-state index in [0.29, 0.717) is 19.4 Å². The molecule has 25 heavy (non-hydrogen) atoms. The van der Waals surface area contributed by atoms with Gasteiger partial charge in [-0.15, -0.1) is 0 Å². The normalized spacial score (nSPS) is 18.7. The molecule has 9 nitrogen and oxygen atoms in total. The summed E-state index contributed by atoms with van der Waals surface area (Å²) in [6.45, 7) is 5.65. The van der Waals surface area contributed by atoms with E-state index in [-0.39, 0.29) is 17.3 Å². The number of likely N-dealkylation sites (tertiary alicyclic amines) is 1. The molecule has 0 saturated carbocycles. The highest BCUT2D eigenvalue weighted by molar-refractivity contribution is 7.92. The number of aromatic nitrogens is 1. The second-order valence-corrected chi connectivity index (χ2v) is 9.02. The van der Waals surface area contributed by atoms with E-state index >= 15 is 0 Å². The smallest absolute Gasteiger partial charge is 0.410 e. The molecule has 1 saturated heterocycles. The van der Waals surface area contributed by atoms with Crippen molar-refractivity contribution in [2.75, 3.05) is 13.1 Å². The van der Waals surface area contributed by atoms with E-state index in [1.54, 1.807) is 20.8 Å². The van der Waals surface area contributed by atoms with E-state index < -0.39 is 31.7 Å². The second-order valence-electron chi connectivity index (χ2n) is 6.85. The first kappa shape index (κ1) is 19.1. The van der Waals surface area contributed by atoms with Crippen LogP contribution in [0.4, 0.5) is 10.5 Å². The van der Waals surface area contributed by atoms with E-state index in [2.05, 4.69) is 4.98 Å². The van der Waals surface area contributed by atoms with Crippen molar-refractivity contribution >= 4 is 21.6 Å². The van der Waals surface area contributed by atoms with Gasteiger partial charge in [-0.2, -0.15) is 0 Å². The fraction of sp³-hybridized carbons (Fsp3) is 0.600. The zero-order chi connectivity index (χ0) is 18.8. The molecule has 1 atom stereocenters. The molecule has 2 heterocycles. The maximum Gasteiger partial charge on any atom is 0.410 e. The Labute approximate surface area is 146 Å². The molecule has 1 aliphatic heterocycles. The van der Waals surface area contributed by atoms with Gasteiger partial charge in [0, 0.05) is 19.2 Å². The summed E-state index contributed by atoms with van der Waals surface area (Å²) in [5.74, 6) is 0. The minimum Gasteiger partial charge on any atom is -0.444 e. The van der Waals surface area contributed by atoms with Gasteiger partial charge in [0.2, 0.25) is 0 Å². The highest BCUT2D eigenvalue weighted by Gasteiger charge is 2.36. The number of carbonyl (C=O) groups is 1. The molecule has 1 fully saturated rings. The maximum absolute atomic E-state index is 12.7. The van der Waals surface area contributed by atoms with E-state index in [0.717, 1.165) is 18.3 Å². The SMILES string of the molecule is CC(C)(C)OC(=O)N1CCC[C@H](S(=O)(=O)c2ccc([N+](=O)[O-])cn2)C1. The number of piperidine rings is 1. The zero-order valence-corrected chi connectivity index (χ0v) is 15.2. The third-order valence-electron chi connectivity index (χ3n) is 3.69. The van der Waals surface area contributed by atoms with Crippen molar-refractivity contribution in [1.82, 2.24) is 9.88 Å². The van der Waals surface area contributed by atoms with Gasteiger partial charge in [-0.1, -0.05) is 0 Å². The molecule has 1 amide bonds. The van der Waals surface area contributed by atoms with E-state index in [4.69, 9.17) is 4.74 Å². The van der Waals surface area contributed by atoms with Gasteiger partial charge in [-0.05, 0) is 39.7 Å². The number of amides is 1. The average Bonchev–Trinajstić information content (AvgIpc) is 2.53. The topological polar surface area (TPSA) is 120 Å². The van der Waals surface area contributed by atoms with E-state index in [9.17, 15) is 23.3 Å². The minimum absolute atomic E-state index is 0.00984. The highest BCUT2D eigenvalue weighted by atomic mass is 32.2. The van der Waals surface area contributed by atoms with Crippen LogP contribution in [0.1, 0.15) is 33.6 Å². The summed E-state index contributed by atoms with van der Waals surface area (Å²) in [6, 6.07) is 2.23. The van der Waals surface area contributed by atoms with Crippen molar-refractivity contribution in [2.24, 2.45) is 0 Å². The highest BCUT2D eigenvalue weighted by Crippen LogP contribution is 2.25. The Morgan fingerprint density at radius 3 is 2.60 bits per heavy atom. The molecule has 1 aliphatic rings. The Morgan fingerprint density at radius 1 is 1.40 bits per heavy atom. The molecule has 1 aromatic rings. The van der Waals surface area contributed by atoms with Gasteiger partial charge in [0.05, 0.1) is 10.2 Å². The maximum atomic E-state index is 12.7. The first-order chi connectivity index (χ1) is 11.5. The first-order valence-corrected chi connectivity index (χ1v) is 9.37. The number of hydrogen-bond acceptors (Lipinski definition) is 7. The van der Waals surface area contributed by atoms with Crippen molar-refractivity contribution in [1.29, 1.82) is 0 Å². The second kappa shape index (κ2) is 6.95. The van der Waals surface area contributed by atoms with Crippen LogP contribution >= 0.6 is 0 Å². The number of nitrogens with zero attached hydrogens (tertiary/aromatic N) is 3. The molecular formula is C15H21N3O6S.